The first kappa shape index (κ1) is 15.1. The lowest BCUT2D eigenvalue weighted by Crippen LogP contribution is -2.47. The van der Waals surface area contributed by atoms with Gasteiger partial charge in [-0.15, -0.1) is 0 Å². The van der Waals surface area contributed by atoms with E-state index in [4.69, 9.17) is 5.11 Å². The van der Waals surface area contributed by atoms with Gasteiger partial charge in [-0.2, -0.15) is 0 Å². The Morgan fingerprint density at radius 3 is 2.44 bits per heavy atom. The van der Waals surface area contributed by atoms with Crippen molar-refractivity contribution in [2.45, 2.75) is 19.1 Å². The number of carboxylic acid groups (broad SMARTS) is 1. The molecule has 0 aliphatic rings. The molecular weight excluding hydrogens is 370 g/mol. The van der Waals surface area contributed by atoms with Crippen molar-refractivity contribution in [3.8, 4) is 0 Å². The van der Waals surface area contributed by atoms with Gasteiger partial charge in [0.1, 0.15) is 0 Å². The highest BCUT2D eigenvalue weighted by molar-refractivity contribution is 9.11. The smallest absolute Gasteiger partial charge is 0.328 e. The Morgan fingerprint density at radius 1 is 1.33 bits per heavy atom. The minimum absolute atomic E-state index is 0.288. The number of carbonyl (C=O) groups is 2. The highest BCUT2D eigenvalue weighted by Gasteiger charge is 2.26. The Balaban J connectivity index is 2.94. The van der Waals surface area contributed by atoms with Gasteiger partial charge in [-0.25, -0.2) is 4.79 Å². The second kappa shape index (κ2) is 6.31. The molecule has 98 valence electrons. The van der Waals surface area contributed by atoms with Gasteiger partial charge in [-0.05, 0) is 41.1 Å². The molecule has 0 aliphatic carbocycles. The summed E-state index contributed by atoms with van der Waals surface area (Å²) in [5.41, 5.74) is 0.288. The second-order valence-corrected chi connectivity index (χ2v) is 5.42. The van der Waals surface area contributed by atoms with E-state index in [1.54, 1.807) is 18.2 Å². The van der Waals surface area contributed by atoms with E-state index >= 15 is 0 Å². The van der Waals surface area contributed by atoms with E-state index in [0.29, 0.717) is 8.95 Å². The Kier molecular flexibility index (Phi) is 5.30. The summed E-state index contributed by atoms with van der Waals surface area (Å²) in [5.74, 6) is -1.86. The molecule has 1 aromatic carbocycles. The number of nitrogens with one attached hydrogen (secondary N) is 1. The van der Waals surface area contributed by atoms with Crippen LogP contribution < -0.4 is 5.32 Å². The number of aliphatic hydroxyl groups is 1. The zero-order chi connectivity index (χ0) is 13.9. The fraction of sp³-hybridized carbons (Fsp3) is 0.273. The molecule has 0 radical (unpaired) electrons. The maximum atomic E-state index is 11.9. The van der Waals surface area contributed by atoms with Gasteiger partial charge >= 0.3 is 5.97 Å². The van der Waals surface area contributed by atoms with Crippen molar-refractivity contribution in [3.63, 3.8) is 0 Å². The molecule has 0 bridgehead atoms. The fourth-order valence-corrected chi connectivity index (χ4v) is 2.07. The Hall–Kier alpha value is -0.920. The first-order chi connectivity index (χ1) is 8.32. The van der Waals surface area contributed by atoms with Crippen LogP contribution in [0.25, 0.3) is 0 Å². The summed E-state index contributed by atoms with van der Waals surface area (Å²) in [6, 6.07) is 3.62. The fourth-order valence-electron chi connectivity index (χ4n) is 1.28. The number of hydrogen-bond donors (Lipinski definition) is 3. The molecule has 0 spiro atoms. The molecule has 0 aliphatic heterocycles. The minimum atomic E-state index is -1.34. The molecule has 18 heavy (non-hydrogen) atoms. The number of amides is 1. The Bertz CT molecular complexity index is 476. The number of carbonyl (C=O) groups excluding carboxylic acids is 1. The quantitative estimate of drug-likeness (QED) is 0.743. The molecule has 0 aromatic heterocycles. The van der Waals surface area contributed by atoms with Crippen LogP contribution in [0.3, 0.4) is 0 Å². The summed E-state index contributed by atoms with van der Waals surface area (Å²) in [5, 5.41) is 20.4. The van der Waals surface area contributed by atoms with E-state index in [-0.39, 0.29) is 5.56 Å². The maximum Gasteiger partial charge on any atom is 0.328 e. The van der Waals surface area contributed by atoms with Crippen LogP contribution in [0.2, 0.25) is 0 Å². The zero-order valence-electron chi connectivity index (χ0n) is 9.35. The van der Waals surface area contributed by atoms with Crippen molar-refractivity contribution in [2.24, 2.45) is 0 Å². The first-order valence-electron chi connectivity index (χ1n) is 4.99. The van der Waals surface area contributed by atoms with E-state index in [1.165, 1.54) is 6.92 Å². The van der Waals surface area contributed by atoms with Gasteiger partial charge in [0.2, 0.25) is 0 Å². The molecular formula is C11H11Br2NO4. The third kappa shape index (κ3) is 3.79. The largest absolute Gasteiger partial charge is 0.480 e. The summed E-state index contributed by atoms with van der Waals surface area (Å²) in [7, 11) is 0. The van der Waals surface area contributed by atoms with Crippen molar-refractivity contribution in [1.82, 2.24) is 5.32 Å². The summed E-state index contributed by atoms with van der Waals surface area (Å²) >= 11 is 6.43. The van der Waals surface area contributed by atoms with E-state index < -0.39 is 24.0 Å². The van der Waals surface area contributed by atoms with Crippen molar-refractivity contribution >= 4 is 43.7 Å². The predicted molar refractivity (Wildman–Crippen MR) is 72.4 cm³/mol. The van der Waals surface area contributed by atoms with Gasteiger partial charge in [0.15, 0.2) is 6.04 Å². The number of benzene rings is 1. The number of hydrogen-bond acceptors (Lipinski definition) is 3. The van der Waals surface area contributed by atoms with Gasteiger partial charge in [0, 0.05) is 8.95 Å². The number of halogens is 2. The van der Waals surface area contributed by atoms with Crippen molar-refractivity contribution < 1.29 is 19.8 Å². The third-order valence-corrected chi connectivity index (χ3v) is 3.39. The van der Waals surface area contributed by atoms with Crippen LogP contribution in [0.1, 0.15) is 17.3 Å². The topological polar surface area (TPSA) is 86.6 Å². The lowest BCUT2D eigenvalue weighted by atomic mass is 10.1. The molecule has 2 atom stereocenters. The van der Waals surface area contributed by atoms with Gasteiger partial charge in [-0.1, -0.05) is 15.9 Å². The Labute approximate surface area is 120 Å². The standard InChI is InChI=1S/C11H11Br2NO4/c1-5(15)9(11(17)18)14-10(16)7-4-6(12)2-3-8(7)13/h2-5,9,15H,1H3,(H,14,16)(H,17,18)/t5-,9+/m1/s1. The van der Waals surface area contributed by atoms with Crippen LogP contribution in [0, 0.1) is 0 Å². The summed E-state index contributed by atoms with van der Waals surface area (Å²) in [6.45, 7) is 1.30. The maximum absolute atomic E-state index is 11.9. The average molecular weight is 381 g/mol. The number of aliphatic hydroxyl groups excluding tert-OH is 1. The molecule has 1 amide bonds. The van der Waals surface area contributed by atoms with Crippen molar-refractivity contribution in [2.75, 3.05) is 0 Å². The highest BCUT2D eigenvalue weighted by atomic mass is 79.9. The van der Waals surface area contributed by atoms with Crippen LogP contribution >= 0.6 is 31.9 Å². The summed E-state index contributed by atoms with van der Waals surface area (Å²) in [4.78, 5) is 22.8. The second-order valence-electron chi connectivity index (χ2n) is 3.65. The van der Waals surface area contributed by atoms with Crippen LogP contribution in [0.15, 0.2) is 27.1 Å². The molecule has 1 aromatic rings. The molecule has 0 saturated heterocycles. The summed E-state index contributed by atoms with van der Waals surface area (Å²) < 4.78 is 1.23. The first-order valence-corrected chi connectivity index (χ1v) is 6.58. The molecule has 0 fully saturated rings. The van der Waals surface area contributed by atoms with E-state index in [2.05, 4.69) is 37.2 Å². The lowest BCUT2D eigenvalue weighted by molar-refractivity contribution is -0.141. The van der Waals surface area contributed by atoms with Crippen molar-refractivity contribution in [3.05, 3.63) is 32.7 Å². The van der Waals surface area contributed by atoms with Gasteiger partial charge in [-0.3, -0.25) is 4.79 Å². The Morgan fingerprint density at radius 2 is 1.94 bits per heavy atom. The average Bonchev–Trinajstić information content (AvgIpc) is 2.28. The SMILES string of the molecule is C[C@@H](O)[C@H](NC(=O)c1cc(Br)ccc1Br)C(=O)O. The monoisotopic (exact) mass is 379 g/mol. The van der Waals surface area contributed by atoms with E-state index in [1.807, 2.05) is 0 Å². The van der Waals surface area contributed by atoms with Gasteiger partial charge in [0.05, 0.1) is 11.7 Å². The summed E-state index contributed by atoms with van der Waals surface area (Å²) in [6.07, 6.45) is -1.18. The van der Waals surface area contributed by atoms with E-state index in [9.17, 15) is 14.7 Å². The van der Waals surface area contributed by atoms with Crippen LogP contribution in [0.4, 0.5) is 0 Å². The lowest BCUT2D eigenvalue weighted by Gasteiger charge is -2.17. The van der Waals surface area contributed by atoms with E-state index in [0.717, 1.165) is 0 Å². The van der Waals surface area contributed by atoms with Gasteiger partial charge in [0.25, 0.3) is 5.91 Å². The molecule has 5 nitrogen and oxygen atoms in total. The van der Waals surface area contributed by atoms with Crippen molar-refractivity contribution in [1.29, 1.82) is 0 Å². The molecule has 0 saturated carbocycles. The molecule has 0 unspecified atom stereocenters. The molecule has 7 heteroatoms. The van der Waals surface area contributed by atoms with Gasteiger partial charge < -0.3 is 15.5 Å². The number of aliphatic carboxylic acids is 1. The molecule has 3 N–H and O–H groups in total. The zero-order valence-corrected chi connectivity index (χ0v) is 12.5. The third-order valence-electron chi connectivity index (χ3n) is 2.21. The van der Waals surface area contributed by atoms with Crippen LogP contribution in [-0.2, 0) is 4.79 Å². The molecule has 0 heterocycles. The van der Waals surface area contributed by atoms with Crippen LogP contribution in [-0.4, -0.2) is 34.2 Å². The highest BCUT2D eigenvalue weighted by Crippen LogP contribution is 2.21. The number of carboxylic acids is 1. The predicted octanol–water partition coefficient (Wildman–Crippen LogP) is 1.78. The van der Waals surface area contributed by atoms with Crippen LogP contribution in [0.5, 0.6) is 0 Å². The normalized spacial score (nSPS) is 13.8. The minimum Gasteiger partial charge on any atom is -0.480 e. The molecule has 1 rings (SSSR count). The number of rotatable bonds is 4.